The zero-order valence-corrected chi connectivity index (χ0v) is 8.38. The number of benzene rings is 1. The molecule has 1 N–H and O–H groups in total. The van der Waals surface area contributed by atoms with Gasteiger partial charge in [-0.25, -0.2) is 4.39 Å². The average Bonchev–Trinajstić information content (AvgIpc) is 2.18. The van der Waals surface area contributed by atoms with E-state index in [1.807, 2.05) is 6.92 Å². The largest absolute Gasteiger partial charge is 0.308 e. The van der Waals surface area contributed by atoms with Gasteiger partial charge in [-0.05, 0) is 37.7 Å². The van der Waals surface area contributed by atoms with Crippen molar-refractivity contribution in [3.05, 3.63) is 35.6 Å². The smallest absolute Gasteiger partial charge is 0.179 e. The Morgan fingerprint density at radius 3 is 2.50 bits per heavy atom. The van der Waals surface area contributed by atoms with E-state index in [-0.39, 0.29) is 17.6 Å². The Morgan fingerprint density at radius 2 is 2.00 bits per heavy atom. The molecule has 0 aromatic heterocycles. The molecule has 2 nitrogen and oxygen atoms in total. The highest BCUT2D eigenvalue weighted by Crippen LogP contribution is 2.05. The van der Waals surface area contributed by atoms with Crippen LogP contribution in [0.1, 0.15) is 24.2 Å². The molecule has 0 unspecified atom stereocenters. The summed E-state index contributed by atoms with van der Waals surface area (Å²) >= 11 is 0. The van der Waals surface area contributed by atoms with E-state index in [1.54, 1.807) is 6.92 Å². The Hall–Kier alpha value is -1.22. The van der Waals surface area contributed by atoms with Gasteiger partial charge >= 0.3 is 0 Å². The van der Waals surface area contributed by atoms with E-state index in [0.29, 0.717) is 5.56 Å². The summed E-state index contributed by atoms with van der Waals surface area (Å²) in [6.07, 6.45) is 0. The lowest BCUT2D eigenvalue weighted by molar-refractivity contribution is 0.0952. The first-order valence-electron chi connectivity index (χ1n) is 4.68. The van der Waals surface area contributed by atoms with Crippen LogP contribution in [-0.2, 0) is 0 Å². The molecular weight excluding hydrogens is 181 g/mol. The van der Waals surface area contributed by atoms with Gasteiger partial charge in [-0.15, -0.1) is 0 Å². The average molecular weight is 195 g/mol. The van der Waals surface area contributed by atoms with Crippen LogP contribution in [0.2, 0.25) is 0 Å². The topological polar surface area (TPSA) is 29.1 Å². The van der Waals surface area contributed by atoms with Crippen molar-refractivity contribution >= 4 is 5.78 Å². The molecule has 0 bridgehead atoms. The van der Waals surface area contributed by atoms with Gasteiger partial charge in [0.2, 0.25) is 0 Å². The van der Waals surface area contributed by atoms with Crippen LogP contribution in [0.25, 0.3) is 0 Å². The second-order valence-corrected chi connectivity index (χ2v) is 3.15. The highest BCUT2D eigenvalue weighted by molar-refractivity contribution is 5.99. The molecule has 0 radical (unpaired) electrons. The van der Waals surface area contributed by atoms with Gasteiger partial charge in [0.05, 0.1) is 6.04 Å². The Bertz CT molecular complexity index is 308. The fourth-order valence-electron chi connectivity index (χ4n) is 1.26. The summed E-state index contributed by atoms with van der Waals surface area (Å²) in [7, 11) is 0. The van der Waals surface area contributed by atoms with Crippen molar-refractivity contribution in [1.82, 2.24) is 5.32 Å². The highest BCUT2D eigenvalue weighted by atomic mass is 19.1. The van der Waals surface area contributed by atoms with E-state index < -0.39 is 0 Å². The molecule has 76 valence electrons. The van der Waals surface area contributed by atoms with E-state index in [1.165, 1.54) is 24.3 Å². The van der Waals surface area contributed by atoms with E-state index in [2.05, 4.69) is 5.32 Å². The molecule has 0 fully saturated rings. The molecule has 0 aliphatic rings. The molecule has 0 amide bonds. The number of Topliss-reactive ketones (excluding diaryl/α,β-unsaturated/α-hetero) is 1. The van der Waals surface area contributed by atoms with Crippen LogP contribution in [0.15, 0.2) is 24.3 Å². The lowest BCUT2D eigenvalue weighted by Crippen LogP contribution is -2.33. The summed E-state index contributed by atoms with van der Waals surface area (Å²) in [5.41, 5.74) is 0.542. The Kier molecular flexibility index (Phi) is 3.77. The minimum Gasteiger partial charge on any atom is -0.308 e. The van der Waals surface area contributed by atoms with Crippen molar-refractivity contribution in [2.24, 2.45) is 0 Å². The van der Waals surface area contributed by atoms with E-state index in [0.717, 1.165) is 6.54 Å². The molecule has 1 aromatic rings. The van der Waals surface area contributed by atoms with Crippen molar-refractivity contribution in [3.8, 4) is 0 Å². The molecule has 0 heterocycles. The predicted molar refractivity (Wildman–Crippen MR) is 53.9 cm³/mol. The quantitative estimate of drug-likeness (QED) is 0.744. The lowest BCUT2D eigenvalue weighted by Gasteiger charge is -2.10. The van der Waals surface area contributed by atoms with Gasteiger partial charge in [0.25, 0.3) is 0 Å². The van der Waals surface area contributed by atoms with Crippen molar-refractivity contribution < 1.29 is 9.18 Å². The van der Waals surface area contributed by atoms with Gasteiger partial charge in [-0.1, -0.05) is 6.92 Å². The fourth-order valence-corrected chi connectivity index (χ4v) is 1.26. The van der Waals surface area contributed by atoms with Crippen LogP contribution in [0.5, 0.6) is 0 Å². The molecule has 1 aromatic carbocycles. The van der Waals surface area contributed by atoms with Crippen LogP contribution in [-0.4, -0.2) is 18.4 Å². The second kappa shape index (κ2) is 4.86. The molecule has 1 atom stereocenters. The maximum atomic E-state index is 12.6. The number of ketones is 1. The normalized spacial score (nSPS) is 12.5. The molecule has 0 saturated carbocycles. The number of carbonyl (C=O) groups excluding carboxylic acids is 1. The van der Waals surface area contributed by atoms with E-state index in [4.69, 9.17) is 0 Å². The first-order chi connectivity index (χ1) is 6.65. The van der Waals surface area contributed by atoms with Gasteiger partial charge in [-0.2, -0.15) is 0 Å². The van der Waals surface area contributed by atoms with Crippen LogP contribution in [0, 0.1) is 5.82 Å². The Morgan fingerprint density at radius 1 is 1.43 bits per heavy atom. The number of likely N-dealkylation sites (N-methyl/N-ethyl adjacent to an activating group) is 1. The van der Waals surface area contributed by atoms with Crippen LogP contribution in [0.3, 0.4) is 0 Å². The van der Waals surface area contributed by atoms with Crippen molar-refractivity contribution in [2.45, 2.75) is 19.9 Å². The molecule has 0 saturated heterocycles. The van der Waals surface area contributed by atoms with Crippen LogP contribution >= 0.6 is 0 Å². The fraction of sp³-hybridized carbons (Fsp3) is 0.364. The van der Waals surface area contributed by atoms with E-state index >= 15 is 0 Å². The van der Waals surface area contributed by atoms with Gasteiger partial charge < -0.3 is 5.32 Å². The first-order valence-corrected chi connectivity index (χ1v) is 4.68. The first kappa shape index (κ1) is 10.9. The van der Waals surface area contributed by atoms with Crippen LogP contribution < -0.4 is 5.32 Å². The van der Waals surface area contributed by atoms with Crippen LogP contribution in [0.4, 0.5) is 4.39 Å². The number of nitrogens with one attached hydrogen (secondary N) is 1. The van der Waals surface area contributed by atoms with Crippen molar-refractivity contribution in [2.75, 3.05) is 6.54 Å². The van der Waals surface area contributed by atoms with Crippen molar-refractivity contribution in [1.29, 1.82) is 0 Å². The highest BCUT2D eigenvalue weighted by Gasteiger charge is 2.13. The number of halogens is 1. The summed E-state index contributed by atoms with van der Waals surface area (Å²) in [6, 6.07) is 5.39. The summed E-state index contributed by atoms with van der Waals surface area (Å²) in [5.74, 6) is -0.329. The SMILES string of the molecule is CCN[C@H](C)C(=O)c1ccc(F)cc1. The molecule has 0 aliphatic carbocycles. The maximum absolute atomic E-state index is 12.6. The Balaban J connectivity index is 2.74. The van der Waals surface area contributed by atoms with E-state index in [9.17, 15) is 9.18 Å². The maximum Gasteiger partial charge on any atom is 0.179 e. The number of carbonyl (C=O) groups is 1. The second-order valence-electron chi connectivity index (χ2n) is 3.15. The molecule has 0 spiro atoms. The summed E-state index contributed by atoms with van der Waals surface area (Å²) in [4.78, 5) is 11.7. The molecule has 14 heavy (non-hydrogen) atoms. The third kappa shape index (κ3) is 2.64. The Labute approximate surface area is 83.1 Å². The summed E-state index contributed by atoms with van der Waals surface area (Å²) in [6.45, 7) is 4.48. The third-order valence-electron chi connectivity index (χ3n) is 2.03. The van der Waals surface area contributed by atoms with Gasteiger partial charge in [-0.3, -0.25) is 4.79 Å². The number of hydrogen-bond acceptors (Lipinski definition) is 2. The molecule has 3 heteroatoms. The van der Waals surface area contributed by atoms with Gasteiger partial charge in [0, 0.05) is 5.56 Å². The summed E-state index contributed by atoms with van der Waals surface area (Å²) in [5, 5.41) is 3.02. The monoisotopic (exact) mass is 195 g/mol. The number of rotatable bonds is 4. The lowest BCUT2D eigenvalue weighted by atomic mass is 10.1. The van der Waals surface area contributed by atoms with Gasteiger partial charge in [0.15, 0.2) is 5.78 Å². The third-order valence-corrected chi connectivity index (χ3v) is 2.03. The zero-order valence-electron chi connectivity index (χ0n) is 8.38. The zero-order chi connectivity index (χ0) is 10.6. The number of hydrogen-bond donors (Lipinski definition) is 1. The minimum atomic E-state index is -0.322. The molecule has 0 aliphatic heterocycles. The summed E-state index contributed by atoms with van der Waals surface area (Å²) < 4.78 is 12.6. The standard InChI is InChI=1S/C11H14FNO/c1-3-13-8(2)11(14)9-4-6-10(12)7-5-9/h4-8,13H,3H2,1-2H3/t8-/m1/s1. The minimum absolute atomic E-state index is 0.00755. The van der Waals surface area contributed by atoms with Gasteiger partial charge in [0.1, 0.15) is 5.82 Å². The predicted octanol–water partition coefficient (Wildman–Crippen LogP) is 2.01. The molecule has 1 rings (SSSR count). The van der Waals surface area contributed by atoms with Crippen molar-refractivity contribution in [3.63, 3.8) is 0 Å². The molecular formula is C11H14FNO.